The number of carbonyl (C=O) groups is 1. The molecule has 0 radical (unpaired) electrons. The number of fused-ring (bicyclic) bond motifs is 3. The van der Waals surface area contributed by atoms with Crippen LogP contribution in [0.2, 0.25) is 0 Å². The van der Waals surface area contributed by atoms with Crippen molar-refractivity contribution in [2.75, 3.05) is 26.2 Å². The Bertz CT molecular complexity index is 756. The lowest BCUT2D eigenvalue weighted by Gasteiger charge is -2.14. The molecule has 1 N–H and O–H groups in total. The first-order chi connectivity index (χ1) is 11.7. The fourth-order valence-corrected chi connectivity index (χ4v) is 4.34. The molecule has 0 unspecified atom stereocenters. The van der Waals surface area contributed by atoms with Crippen molar-refractivity contribution in [2.45, 2.75) is 38.5 Å². The number of hydrogen-bond donors (Lipinski definition) is 1. The quantitative estimate of drug-likeness (QED) is 0.938. The van der Waals surface area contributed by atoms with Crippen molar-refractivity contribution < 1.29 is 4.79 Å². The second-order valence-corrected chi connectivity index (χ2v) is 7.23. The van der Waals surface area contributed by atoms with Crippen LogP contribution in [-0.4, -0.2) is 41.6 Å². The third-order valence-electron chi connectivity index (χ3n) is 5.70. The van der Waals surface area contributed by atoms with Gasteiger partial charge in [-0.1, -0.05) is 0 Å². The first-order valence-electron chi connectivity index (χ1n) is 9.35. The van der Waals surface area contributed by atoms with E-state index in [0.29, 0.717) is 0 Å². The summed E-state index contributed by atoms with van der Waals surface area (Å²) in [5, 5.41) is 4.37. The van der Waals surface area contributed by atoms with Crippen LogP contribution in [0.5, 0.6) is 0 Å². The summed E-state index contributed by atoms with van der Waals surface area (Å²) in [6, 6.07) is 6.19. The van der Waals surface area contributed by atoms with Crippen LogP contribution in [0.25, 0.3) is 10.9 Å². The predicted molar refractivity (Wildman–Crippen MR) is 97.6 cm³/mol. The van der Waals surface area contributed by atoms with E-state index in [-0.39, 0.29) is 5.91 Å². The molecule has 1 fully saturated rings. The molecule has 4 heteroatoms. The van der Waals surface area contributed by atoms with Gasteiger partial charge < -0.3 is 14.8 Å². The molecule has 2 aliphatic rings. The Balaban J connectivity index is 1.50. The van der Waals surface area contributed by atoms with Crippen LogP contribution in [0.15, 0.2) is 18.2 Å². The van der Waals surface area contributed by atoms with Crippen LogP contribution in [0.1, 0.15) is 47.3 Å². The maximum Gasteiger partial charge on any atom is 0.251 e. The molecule has 2 heterocycles. The molecule has 4 nitrogen and oxygen atoms in total. The summed E-state index contributed by atoms with van der Waals surface area (Å²) in [5.74, 6) is 0.0597. The maximum atomic E-state index is 12.5. The van der Waals surface area contributed by atoms with Gasteiger partial charge in [0.05, 0.1) is 0 Å². The summed E-state index contributed by atoms with van der Waals surface area (Å²) < 4.78 is 2.32. The zero-order valence-corrected chi connectivity index (χ0v) is 14.6. The van der Waals surface area contributed by atoms with Crippen LogP contribution in [0.4, 0.5) is 0 Å². The Morgan fingerprint density at radius 2 is 1.92 bits per heavy atom. The molecule has 0 spiro atoms. The van der Waals surface area contributed by atoms with Crippen molar-refractivity contribution >= 4 is 16.8 Å². The van der Waals surface area contributed by atoms with Gasteiger partial charge in [-0.3, -0.25) is 4.79 Å². The topological polar surface area (TPSA) is 37.3 Å². The van der Waals surface area contributed by atoms with E-state index in [0.717, 1.165) is 31.5 Å². The minimum Gasteiger partial charge on any atom is -0.351 e. The fraction of sp³-hybridized carbons (Fsp3) is 0.550. The largest absolute Gasteiger partial charge is 0.351 e. The molecule has 0 saturated carbocycles. The van der Waals surface area contributed by atoms with Crippen molar-refractivity contribution in [1.82, 2.24) is 14.8 Å². The molecule has 4 rings (SSSR count). The number of nitrogens with one attached hydrogen (secondary N) is 1. The summed E-state index contributed by atoms with van der Waals surface area (Å²) >= 11 is 0. The van der Waals surface area contributed by atoms with Crippen molar-refractivity contribution in [3.63, 3.8) is 0 Å². The molecule has 1 saturated heterocycles. The molecular formula is C20H27N3O. The standard InChI is InChI=1S/C20H27N3O/c1-22-18-7-3-2-6-16(18)17-14-15(8-9-19(17)22)20(24)21-10-13-23-11-4-5-12-23/h8-9,14H,2-7,10-13H2,1H3,(H,21,24). The van der Waals surface area contributed by atoms with Crippen LogP contribution in [0.3, 0.4) is 0 Å². The molecule has 1 aliphatic heterocycles. The lowest BCUT2D eigenvalue weighted by molar-refractivity contribution is 0.0950. The van der Waals surface area contributed by atoms with E-state index >= 15 is 0 Å². The number of likely N-dealkylation sites (tertiary alicyclic amines) is 1. The van der Waals surface area contributed by atoms with Crippen molar-refractivity contribution in [2.24, 2.45) is 7.05 Å². The average Bonchev–Trinajstić information content (AvgIpc) is 3.22. The molecule has 0 atom stereocenters. The monoisotopic (exact) mass is 325 g/mol. The van der Waals surface area contributed by atoms with Gasteiger partial charge in [-0.2, -0.15) is 0 Å². The highest BCUT2D eigenvalue weighted by Gasteiger charge is 2.19. The highest BCUT2D eigenvalue weighted by Crippen LogP contribution is 2.31. The lowest BCUT2D eigenvalue weighted by atomic mass is 9.95. The van der Waals surface area contributed by atoms with Gasteiger partial charge in [0.1, 0.15) is 0 Å². The molecule has 24 heavy (non-hydrogen) atoms. The van der Waals surface area contributed by atoms with E-state index in [1.165, 1.54) is 60.9 Å². The van der Waals surface area contributed by atoms with E-state index in [9.17, 15) is 4.79 Å². The number of amides is 1. The summed E-state index contributed by atoms with van der Waals surface area (Å²) in [6.07, 6.45) is 7.44. The average molecular weight is 325 g/mol. The first-order valence-corrected chi connectivity index (χ1v) is 9.35. The molecule has 1 aromatic heterocycles. The molecule has 128 valence electrons. The highest BCUT2D eigenvalue weighted by atomic mass is 16.1. The van der Waals surface area contributed by atoms with Crippen LogP contribution in [-0.2, 0) is 19.9 Å². The predicted octanol–water partition coefficient (Wildman–Crippen LogP) is 2.88. The van der Waals surface area contributed by atoms with E-state index in [2.05, 4.69) is 34.0 Å². The van der Waals surface area contributed by atoms with Crippen LogP contribution < -0.4 is 5.32 Å². The normalized spacial score (nSPS) is 18.0. The van der Waals surface area contributed by atoms with E-state index in [1.807, 2.05) is 6.07 Å². The third kappa shape index (κ3) is 2.84. The molecule has 0 bridgehead atoms. The van der Waals surface area contributed by atoms with Gasteiger partial charge in [-0.05, 0) is 75.4 Å². The van der Waals surface area contributed by atoms with Crippen LogP contribution in [0, 0.1) is 0 Å². The fourth-order valence-electron chi connectivity index (χ4n) is 4.34. The highest BCUT2D eigenvalue weighted by molar-refractivity contribution is 5.99. The molecule has 2 aromatic rings. The summed E-state index contributed by atoms with van der Waals surface area (Å²) in [6.45, 7) is 4.06. The molecule has 1 amide bonds. The van der Waals surface area contributed by atoms with Gasteiger partial charge in [0.2, 0.25) is 0 Å². The van der Waals surface area contributed by atoms with E-state index < -0.39 is 0 Å². The van der Waals surface area contributed by atoms with Crippen LogP contribution >= 0.6 is 0 Å². The lowest BCUT2D eigenvalue weighted by Crippen LogP contribution is -2.33. The Morgan fingerprint density at radius 3 is 2.75 bits per heavy atom. The second-order valence-electron chi connectivity index (χ2n) is 7.23. The molecule has 1 aromatic carbocycles. The van der Waals surface area contributed by atoms with Gasteiger partial charge >= 0.3 is 0 Å². The number of aryl methyl sites for hydroxylation is 2. The van der Waals surface area contributed by atoms with Crippen molar-refractivity contribution in [3.8, 4) is 0 Å². The van der Waals surface area contributed by atoms with E-state index in [4.69, 9.17) is 0 Å². The Morgan fingerprint density at radius 1 is 1.12 bits per heavy atom. The maximum absolute atomic E-state index is 12.5. The van der Waals surface area contributed by atoms with Gasteiger partial charge in [0, 0.05) is 42.3 Å². The SMILES string of the molecule is Cn1c2c(c3cc(C(=O)NCCN4CCCC4)ccc31)CCCC2. The van der Waals surface area contributed by atoms with Gasteiger partial charge in [-0.25, -0.2) is 0 Å². The first kappa shape index (κ1) is 15.7. The Hall–Kier alpha value is -1.81. The number of carbonyl (C=O) groups excluding carboxylic acids is 1. The van der Waals surface area contributed by atoms with Gasteiger partial charge in [0.15, 0.2) is 0 Å². The zero-order valence-electron chi connectivity index (χ0n) is 14.6. The zero-order chi connectivity index (χ0) is 16.5. The smallest absolute Gasteiger partial charge is 0.251 e. The number of aromatic nitrogens is 1. The number of benzene rings is 1. The Labute approximate surface area is 143 Å². The number of rotatable bonds is 4. The second kappa shape index (κ2) is 6.60. The summed E-state index contributed by atoms with van der Waals surface area (Å²) in [5.41, 5.74) is 4.98. The number of hydrogen-bond acceptors (Lipinski definition) is 2. The minimum absolute atomic E-state index is 0.0597. The molecule has 1 aliphatic carbocycles. The number of nitrogens with zero attached hydrogens (tertiary/aromatic N) is 2. The molecular weight excluding hydrogens is 298 g/mol. The third-order valence-corrected chi connectivity index (χ3v) is 5.70. The van der Waals surface area contributed by atoms with Gasteiger partial charge in [-0.15, -0.1) is 0 Å². The summed E-state index contributed by atoms with van der Waals surface area (Å²) in [7, 11) is 2.16. The minimum atomic E-state index is 0.0597. The Kier molecular flexibility index (Phi) is 4.31. The summed E-state index contributed by atoms with van der Waals surface area (Å²) in [4.78, 5) is 14.9. The van der Waals surface area contributed by atoms with E-state index in [1.54, 1.807) is 0 Å². The van der Waals surface area contributed by atoms with Crippen molar-refractivity contribution in [3.05, 3.63) is 35.0 Å². The van der Waals surface area contributed by atoms with Crippen molar-refractivity contribution in [1.29, 1.82) is 0 Å². The van der Waals surface area contributed by atoms with Gasteiger partial charge in [0.25, 0.3) is 5.91 Å².